The van der Waals surface area contributed by atoms with Gasteiger partial charge in [-0.2, -0.15) is 0 Å². The number of rotatable bonds is 6. The molecular weight excluding hydrogens is 391 g/mol. The van der Waals surface area contributed by atoms with E-state index in [0.717, 1.165) is 11.1 Å². The van der Waals surface area contributed by atoms with Gasteiger partial charge in [-0.1, -0.05) is 36.4 Å². The molecule has 0 aliphatic rings. The van der Waals surface area contributed by atoms with E-state index in [1.165, 1.54) is 41.7 Å². The SMILES string of the molecule is Cc1ccccc1N(C)S(=O)(=O)c1cccc(C(=O)NCc2ccc(F)cc2)c1. The highest BCUT2D eigenvalue weighted by Gasteiger charge is 2.23. The first-order valence-electron chi connectivity index (χ1n) is 8.96. The molecule has 0 saturated carbocycles. The third-order valence-corrected chi connectivity index (χ3v) is 6.34. The molecule has 3 rings (SSSR count). The van der Waals surface area contributed by atoms with Crippen LogP contribution in [-0.2, 0) is 16.6 Å². The van der Waals surface area contributed by atoms with Crippen molar-refractivity contribution in [2.24, 2.45) is 0 Å². The summed E-state index contributed by atoms with van der Waals surface area (Å²) < 4.78 is 40.2. The van der Waals surface area contributed by atoms with Crippen LogP contribution in [0.4, 0.5) is 10.1 Å². The van der Waals surface area contributed by atoms with E-state index >= 15 is 0 Å². The van der Waals surface area contributed by atoms with E-state index in [1.807, 2.05) is 19.1 Å². The average Bonchev–Trinajstić information content (AvgIpc) is 2.73. The van der Waals surface area contributed by atoms with E-state index in [4.69, 9.17) is 0 Å². The van der Waals surface area contributed by atoms with E-state index in [2.05, 4.69) is 5.32 Å². The Morgan fingerprint density at radius 1 is 1.00 bits per heavy atom. The lowest BCUT2D eigenvalue weighted by Crippen LogP contribution is -2.28. The number of carbonyl (C=O) groups is 1. The molecule has 3 aromatic carbocycles. The molecule has 0 aromatic heterocycles. The Morgan fingerprint density at radius 2 is 1.69 bits per heavy atom. The zero-order valence-corrected chi connectivity index (χ0v) is 16.9. The molecule has 3 aromatic rings. The van der Waals surface area contributed by atoms with Gasteiger partial charge in [0.05, 0.1) is 10.6 Å². The summed E-state index contributed by atoms with van der Waals surface area (Å²) in [5, 5.41) is 2.71. The zero-order valence-electron chi connectivity index (χ0n) is 16.1. The Morgan fingerprint density at radius 3 is 2.38 bits per heavy atom. The van der Waals surface area contributed by atoms with Crippen LogP contribution in [0.2, 0.25) is 0 Å². The van der Waals surface area contributed by atoms with Gasteiger partial charge < -0.3 is 5.32 Å². The minimum Gasteiger partial charge on any atom is -0.348 e. The predicted octanol–water partition coefficient (Wildman–Crippen LogP) is 3.89. The first kappa shape index (κ1) is 20.5. The molecule has 0 bridgehead atoms. The van der Waals surface area contributed by atoms with Crippen LogP contribution < -0.4 is 9.62 Å². The Kier molecular flexibility index (Phi) is 5.98. The van der Waals surface area contributed by atoms with E-state index in [1.54, 1.807) is 30.3 Å². The number of anilines is 1. The number of sulfonamides is 1. The number of nitrogens with zero attached hydrogens (tertiary/aromatic N) is 1. The molecule has 0 aliphatic heterocycles. The van der Waals surface area contributed by atoms with Gasteiger partial charge in [-0.05, 0) is 54.4 Å². The van der Waals surface area contributed by atoms with Gasteiger partial charge in [0, 0.05) is 19.2 Å². The lowest BCUT2D eigenvalue weighted by Gasteiger charge is -2.21. The number of nitrogens with one attached hydrogen (secondary N) is 1. The maximum absolute atomic E-state index is 13.0. The molecule has 0 heterocycles. The van der Waals surface area contributed by atoms with Gasteiger partial charge in [0.1, 0.15) is 5.82 Å². The lowest BCUT2D eigenvalue weighted by atomic mass is 10.2. The minimum absolute atomic E-state index is 0.0256. The summed E-state index contributed by atoms with van der Waals surface area (Å²) in [6.45, 7) is 2.04. The van der Waals surface area contributed by atoms with Gasteiger partial charge in [-0.25, -0.2) is 12.8 Å². The van der Waals surface area contributed by atoms with E-state index in [0.29, 0.717) is 5.69 Å². The Labute approximate surface area is 169 Å². The van der Waals surface area contributed by atoms with Gasteiger partial charge in [-0.15, -0.1) is 0 Å². The molecule has 7 heteroatoms. The molecule has 0 saturated heterocycles. The van der Waals surface area contributed by atoms with E-state index in [9.17, 15) is 17.6 Å². The number of para-hydroxylation sites is 1. The van der Waals surface area contributed by atoms with Crippen LogP contribution in [0, 0.1) is 12.7 Å². The topological polar surface area (TPSA) is 66.5 Å². The maximum Gasteiger partial charge on any atom is 0.264 e. The zero-order chi connectivity index (χ0) is 21.0. The van der Waals surface area contributed by atoms with Crippen molar-refractivity contribution in [1.29, 1.82) is 0 Å². The summed E-state index contributed by atoms with van der Waals surface area (Å²) in [7, 11) is -2.35. The summed E-state index contributed by atoms with van der Waals surface area (Å²) in [6, 6.07) is 18.8. The molecule has 0 aliphatic carbocycles. The fourth-order valence-electron chi connectivity index (χ4n) is 2.89. The van der Waals surface area contributed by atoms with Crippen LogP contribution in [0.25, 0.3) is 0 Å². The van der Waals surface area contributed by atoms with Crippen molar-refractivity contribution in [1.82, 2.24) is 5.32 Å². The summed E-state index contributed by atoms with van der Waals surface area (Å²) in [4.78, 5) is 12.5. The van der Waals surface area contributed by atoms with Crippen LogP contribution in [0.5, 0.6) is 0 Å². The molecule has 0 radical (unpaired) electrons. The molecule has 0 spiro atoms. The lowest BCUT2D eigenvalue weighted by molar-refractivity contribution is 0.0950. The van der Waals surface area contributed by atoms with Crippen LogP contribution >= 0.6 is 0 Å². The van der Waals surface area contributed by atoms with Crippen LogP contribution in [0.1, 0.15) is 21.5 Å². The molecule has 1 N–H and O–H groups in total. The van der Waals surface area contributed by atoms with Crippen molar-refractivity contribution in [3.05, 3.63) is 95.3 Å². The maximum atomic E-state index is 13.0. The van der Waals surface area contributed by atoms with Crippen molar-refractivity contribution in [3.8, 4) is 0 Å². The molecule has 5 nitrogen and oxygen atoms in total. The predicted molar refractivity (Wildman–Crippen MR) is 111 cm³/mol. The molecule has 0 unspecified atom stereocenters. The quantitative estimate of drug-likeness (QED) is 0.668. The van der Waals surface area contributed by atoms with Crippen molar-refractivity contribution in [3.63, 3.8) is 0 Å². The Balaban J connectivity index is 1.80. The van der Waals surface area contributed by atoms with Crippen LogP contribution in [0.3, 0.4) is 0 Å². The molecule has 0 atom stereocenters. The number of hydrogen-bond donors (Lipinski definition) is 1. The van der Waals surface area contributed by atoms with E-state index in [-0.39, 0.29) is 22.8 Å². The summed E-state index contributed by atoms with van der Waals surface area (Å²) in [5.41, 5.74) is 2.36. The smallest absolute Gasteiger partial charge is 0.264 e. The number of carbonyl (C=O) groups excluding carboxylic acids is 1. The Hall–Kier alpha value is -3.19. The second-order valence-electron chi connectivity index (χ2n) is 6.60. The fourth-order valence-corrected chi connectivity index (χ4v) is 4.20. The summed E-state index contributed by atoms with van der Waals surface area (Å²) in [6.07, 6.45) is 0. The number of halogens is 1. The average molecular weight is 412 g/mol. The third kappa shape index (κ3) is 4.63. The Bertz CT molecular complexity index is 1130. The molecule has 150 valence electrons. The third-order valence-electron chi connectivity index (χ3n) is 4.58. The highest BCUT2D eigenvalue weighted by Crippen LogP contribution is 2.25. The number of hydrogen-bond acceptors (Lipinski definition) is 3. The van der Waals surface area contributed by atoms with Crippen molar-refractivity contribution in [2.45, 2.75) is 18.4 Å². The van der Waals surface area contributed by atoms with Crippen molar-refractivity contribution in [2.75, 3.05) is 11.4 Å². The van der Waals surface area contributed by atoms with Crippen LogP contribution in [-0.4, -0.2) is 21.4 Å². The second-order valence-corrected chi connectivity index (χ2v) is 8.57. The first-order chi connectivity index (χ1) is 13.8. The number of amides is 1. The van der Waals surface area contributed by atoms with Gasteiger partial charge in [0.25, 0.3) is 15.9 Å². The largest absolute Gasteiger partial charge is 0.348 e. The minimum atomic E-state index is -3.83. The second kappa shape index (κ2) is 8.45. The molecular formula is C22H21FN2O3S. The van der Waals surface area contributed by atoms with Gasteiger partial charge in [0.2, 0.25) is 0 Å². The summed E-state index contributed by atoms with van der Waals surface area (Å²) in [5.74, 6) is -0.763. The monoisotopic (exact) mass is 412 g/mol. The normalized spacial score (nSPS) is 11.1. The standard InChI is InChI=1S/C22H21FN2O3S/c1-16-6-3-4-9-21(16)25(2)29(27,28)20-8-5-7-18(14-20)22(26)24-15-17-10-12-19(23)13-11-17/h3-14H,15H2,1-2H3,(H,24,26). The summed E-state index contributed by atoms with van der Waals surface area (Å²) >= 11 is 0. The van der Waals surface area contributed by atoms with Gasteiger partial charge >= 0.3 is 0 Å². The highest BCUT2D eigenvalue weighted by molar-refractivity contribution is 7.92. The van der Waals surface area contributed by atoms with E-state index < -0.39 is 15.9 Å². The molecule has 1 amide bonds. The van der Waals surface area contributed by atoms with Crippen molar-refractivity contribution < 1.29 is 17.6 Å². The first-order valence-corrected chi connectivity index (χ1v) is 10.4. The number of benzene rings is 3. The van der Waals surface area contributed by atoms with Gasteiger partial charge in [-0.3, -0.25) is 9.10 Å². The van der Waals surface area contributed by atoms with Gasteiger partial charge in [0.15, 0.2) is 0 Å². The van der Waals surface area contributed by atoms with Crippen molar-refractivity contribution >= 4 is 21.6 Å². The van der Waals surface area contributed by atoms with Crippen LogP contribution in [0.15, 0.2) is 77.7 Å². The molecule has 0 fully saturated rings. The highest BCUT2D eigenvalue weighted by atomic mass is 32.2. The number of aryl methyl sites for hydroxylation is 1. The fraction of sp³-hybridized carbons (Fsp3) is 0.136. The molecule has 29 heavy (non-hydrogen) atoms.